The Kier molecular flexibility index (Phi) is 7.09. The number of amides is 1. The van der Waals surface area contributed by atoms with Gasteiger partial charge in [-0.3, -0.25) is 4.79 Å². The summed E-state index contributed by atoms with van der Waals surface area (Å²) in [6.45, 7) is 4.26. The summed E-state index contributed by atoms with van der Waals surface area (Å²) < 4.78 is 16.0. The number of nitrogens with one attached hydrogen (secondary N) is 1. The summed E-state index contributed by atoms with van der Waals surface area (Å²) >= 11 is 0. The van der Waals surface area contributed by atoms with Gasteiger partial charge in [0, 0.05) is 23.4 Å². The lowest BCUT2D eigenvalue weighted by molar-refractivity contribution is -0.112. The molecule has 0 spiro atoms. The third-order valence-electron chi connectivity index (χ3n) is 4.61. The molecule has 0 radical (unpaired) electrons. The average Bonchev–Trinajstić information content (AvgIpc) is 3.26. The van der Waals surface area contributed by atoms with E-state index in [2.05, 4.69) is 5.32 Å². The van der Waals surface area contributed by atoms with Crippen molar-refractivity contribution in [3.05, 3.63) is 77.1 Å². The molecular weight excluding hydrogens is 408 g/mol. The van der Waals surface area contributed by atoms with Crippen LogP contribution in [0.1, 0.15) is 28.6 Å². The number of methoxy groups -OCH3 is 1. The van der Waals surface area contributed by atoms with Crippen molar-refractivity contribution in [3.63, 3.8) is 0 Å². The number of esters is 1. The minimum absolute atomic E-state index is 0.118. The van der Waals surface area contributed by atoms with Crippen molar-refractivity contribution in [2.24, 2.45) is 0 Å². The molecule has 0 aliphatic rings. The van der Waals surface area contributed by atoms with Gasteiger partial charge >= 0.3 is 5.97 Å². The molecule has 0 atom stereocenters. The molecule has 0 bridgehead atoms. The normalized spacial score (nSPS) is 10.9. The second-order valence-electron chi connectivity index (χ2n) is 6.81. The number of furan rings is 1. The molecule has 7 nitrogen and oxygen atoms in total. The molecule has 0 aliphatic carbocycles. The number of carbonyl (C=O) groups excluding carboxylic acids is 2. The van der Waals surface area contributed by atoms with Crippen LogP contribution in [-0.4, -0.2) is 25.6 Å². The van der Waals surface area contributed by atoms with Crippen molar-refractivity contribution in [2.45, 2.75) is 13.8 Å². The fraction of sp³-hybridized carbons (Fsp3) is 0.160. The topological polar surface area (TPSA) is 102 Å². The number of nitriles is 1. The van der Waals surface area contributed by atoms with E-state index in [0.29, 0.717) is 40.7 Å². The van der Waals surface area contributed by atoms with Gasteiger partial charge in [0.25, 0.3) is 5.91 Å². The number of nitrogens with zero attached hydrogens (tertiary/aromatic N) is 1. The van der Waals surface area contributed by atoms with Gasteiger partial charge < -0.3 is 19.2 Å². The third-order valence-corrected chi connectivity index (χ3v) is 4.61. The molecule has 2 aromatic carbocycles. The van der Waals surface area contributed by atoms with Crippen molar-refractivity contribution < 1.29 is 23.5 Å². The first-order valence-corrected chi connectivity index (χ1v) is 9.90. The monoisotopic (exact) mass is 430 g/mol. The number of aryl methyl sites for hydroxylation is 1. The number of benzene rings is 2. The number of hydrogen-bond donors (Lipinski definition) is 1. The van der Waals surface area contributed by atoms with E-state index in [1.54, 1.807) is 54.6 Å². The zero-order chi connectivity index (χ0) is 23.1. The largest absolute Gasteiger partial charge is 0.494 e. The summed E-state index contributed by atoms with van der Waals surface area (Å²) in [6, 6.07) is 17.3. The van der Waals surface area contributed by atoms with Crippen LogP contribution in [-0.2, 0) is 9.53 Å². The van der Waals surface area contributed by atoms with E-state index in [9.17, 15) is 14.9 Å². The van der Waals surface area contributed by atoms with Gasteiger partial charge in [-0.1, -0.05) is 12.1 Å². The molecular formula is C25H22N2O5. The van der Waals surface area contributed by atoms with Crippen molar-refractivity contribution >= 4 is 23.6 Å². The van der Waals surface area contributed by atoms with Crippen LogP contribution in [0, 0.1) is 18.3 Å². The Bertz CT molecular complexity index is 1220. The van der Waals surface area contributed by atoms with Crippen molar-refractivity contribution in [1.82, 2.24) is 0 Å². The van der Waals surface area contributed by atoms with Crippen LogP contribution in [0.2, 0.25) is 0 Å². The van der Waals surface area contributed by atoms with Crippen LogP contribution < -0.4 is 10.1 Å². The maximum Gasteiger partial charge on any atom is 0.337 e. The first-order chi connectivity index (χ1) is 15.4. The van der Waals surface area contributed by atoms with Gasteiger partial charge in [0.05, 0.1) is 19.3 Å². The Balaban J connectivity index is 1.83. The average molecular weight is 430 g/mol. The minimum atomic E-state index is -0.567. The number of hydrogen-bond acceptors (Lipinski definition) is 6. The van der Waals surface area contributed by atoms with Gasteiger partial charge in [-0.05, 0) is 55.8 Å². The lowest BCUT2D eigenvalue weighted by atomic mass is 10.0. The number of anilines is 1. The highest BCUT2D eigenvalue weighted by Gasteiger charge is 2.14. The molecule has 1 aromatic heterocycles. The van der Waals surface area contributed by atoms with Crippen LogP contribution in [0.3, 0.4) is 0 Å². The molecule has 0 unspecified atom stereocenters. The van der Waals surface area contributed by atoms with Gasteiger partial charge in [-0.15, -0.1) is 0 Å². The van der Waals surface area contributed by atoms with Gasteiger partial charge in [-0.25, -0.2) is 4.79 Å². The lowest BCUT2D eigenvalue weighted by Gasteiger charge is -2.07. The molecule has 0 aliphatic heterocycles. The fourth-order valence-corrected chi connectivity index (χ4v) is 3.03. The van der Waals surface area contributed by atoms with Crippen molar-refractivity contribution in [1.29, 1.82) is 5.26 Å². The van der Waals surface area contributed by atoms with E-state index in [1.807, 2.05) is 19.9 Å². The van der Waals surface area contributed by atoms with E-state index in [0.717, 1.165) is 5.56 Å². The summed E-state index contributed by atoms with van der Waals surface area (Å²) in [5.74, 6) is 0.435. The molecule has 1 N–H and O–H groups in total. The summed E-state index contributed by atoms with van der Waals surface area (Å²) in [5.41, 5.74) is 2.40. The summed E-state index contributed by atoms with van der Waals surface area (Å²) in [6.07, 6.45) is 1.37. The Labute approximate surface area is 185 Å². The quantitative estimate of drug-likeness (QED) is 0.322. The molecule has 3 rings (SSSR count). The van der Waals surface area contributed by atoms with E-state index in [4.69, 9.17) is 13.9 Å². The lowest BCUT2D eigenvalue weighted by Crippen LogP contribution is -2.13. The van der Waals surface area contributed by atoms with Gasteiger partial charge in [0.1, 0.15) is 28.9 Å². The smallest absolute Gasteiger partial charge is 0.337 e. The predicted molar refractivity (Wildman–Crippen MR) is 120 cm³/mol. The SMILES string of the molecule is CCOc1cccc(NC(=O)/C(C#N)=C\c2ccc(-c3cc(C(=O)OC)ccc3C)o2)c1. The highest BCUT2D eigenvalue weighted by Crippen LogP contribution is 2.28. The van der Waals surface area contributed by atoms with E-state index in [-0.39, 0.29) is 5.57 Å². The van der Waals surface area contributed by atoms with Crippen LogP contribution in [0.4, 0.5) is 5.69 Å². The number of ether oxygens (including phenoxy) is 2. The standard InChI is InChI=1S/C25H22N2O5/c1-4-31-20-7-5-6-19(14-20)27-24(28)18(15-26)12-21-10-11-23(32-21)22-13-17(25(29)30-3)9-8-16(22)2/h5-14H,4H2,1-3H3,(H,27,28)/b18-12-. The van der Waals surface area contributed by atoms with Gasteiger partial charge in [0.2, 0.25) is 0 Å². The molecule has 162 valence electrons. The fourth-order valence-electron chi connectivity index (χ4n) is 3.03. The third kappa shape index (κ3) is 5.24. The second-order valence-corrected chi connectivity index (χ2v) is 6.81. The van der Waals surface area contributed by atoms with Crippen molar-refractivity contribution in [2.75, 3.05) is 19.0 Å². The molecule has 32 heavy (non-hydrogen) atoms. The number of carbonyl (C=O) groups is 2. The van der Waals surface area contributed by atoms with Gasteiger partial charge in [-0.2, -0.15) is 5.26 Å². The van der Waals surface area contributed by atoms with Crippen LogP contribution in [0.15, 0.2) is 64.6 Å². The van der Waals surface area contributed by atoms with E-state index >= 15 is 0 Å². The van der Waals surface area contributed by atoms with Crippen LogP contribution >= 0.6 is 0 Å². The van der Waals surface area contributed by atoms with Crippen molar-refractivity contribution in [3.8, 4) is 23.1 Å². The molecule has 0 saturated carbocycles. The van der Waals surface area contributed by atoms with Gasteiger partial charge in [0.15, 0.2) is 0 Å². The maximum atomic E-state index is 12.6. The molecule has 0 saturated heterocycles. The van der Waals surface area contributed by atoms with E-state index in [1.165, 1.54) is 13.2 Å². The Hall–Kier alpha value is -4.31. The van der Waals surface area contributed by atoms with Crippen LogP contribution in [0.5, 0.6) is 5.75 Å². The summed E-state index contributed by atoms with van der Waals surface area (Å²) in [5, 5.41) is 12.2. The Morgan fingerprint density at radius 1 is 1.16 bits per heavy atom. The maximum absolute atomic E-state index is 12.6. The molecule has 1 heterocycles. The summed E-state index contributed by atoms with van der Waals surface area (Å²) in [7, 11) is 1.32. The molecule has 7 heteroatoms. The molecule has 3 aromatic rings. The Morgan fingerprint density at radius 2 is 1.97 bits per heavy atom. The minimum Gasteiger partial charge on any atom is -0.494 e. The molecule has 1 amide bonds. The predicted octanol–water partition coefficient (Wildman–Crippen LogP) is 4.99. The number of rotatable bonds is 7. The first-order valence-electron chi connectivity index (χ1n) is 9.90. The van der Waals surface area contributed by atoms with E-state index < -0.39 is 11.9 Å². The first kappa shape index (κ1) is 22.4. The zero-order valence-electron chi connectivity index (χ0n) is 18.0. The second kappa shape index (κ2) is 10.1. The highest BCUT2D eigenvalue weighted by molar-refractivity contribution is 6.09. The summed E-state index contributed by atoms with van der Waals surface area (Å²) in [4.78, 5) is 24.4. The van der Waals surface area contributed by atoms with Crippen LogP contribution in [0.25, 0.3) is 17.4 Å². The Morgan fingerprint density at radius 3 is 2.69 bits per heavy atom. The highest BCUT2D eigenvalue weighted by atomic mass is 16.5. The zero-order valence-corrected chi connectivity index (χ0v) is 18.0. The molecule has 0 fully saturated rings.